The molecular weight excluding hydrogens is 316 g/mol. The molecule has 0 saturated carbocycles. The Bertz CT molecular complexity index is 491. The van der Waals surface area contributed by atoms with Crippen LogP contribution in [-0.4, -0.2) is 25.7 Å². The Morgan fingerprint density at radius 2 is 2.50 bits per heavy atom. The number of thiophene rings is 1. The summed E-state index contributed by atoms with van der Waals surface area (Å²) in [5.41, 5.74) is 0.0901. The number of ether oxygens (including phenoxy) is 1. The summed E-state index contributed by atoms with van der Waals surface area (Å²) in [6.07, 6.45) is 1.57. The van der Waals surface area contributed by atoms with E-state index in [4.69, 9.17) is 10.00 Å². The summed E-state index contributed by atoms with van der Waals surface area (Å²) in [7, 11) is 1.56. The van der Waals surface area contributed by atoms with Gasteiger partial charge in [-0.3, -0.25) is 4.79 Å². The molecule has 0 aromatic carbocycles. The highest BCUT2D eigenvalue weighted by molar-refractivity contribution is 9.10. The van der Waals surface area contributed by atoms with Crippen molar-refractivity contribution in [2.75, 3.05) is 13.7 Å². The molecule has 4 nitrogen and oxygen atoms in total. The van der Waals surface area contributed by atoms with Gasteiger partial charge < -0.3 is 10.1 Å². The van der Waals surface area contributed by atoms with Crippen LogP contribution in [0, 0.1) is 11.3 Å². The van der Waals surface area contributed by atoms with Crippen molar-refractivity contribution in [3.05, 3.63) is 26.4 Å². The van der Waals surface area contributed by atoms with Gasteiger partial charge in [-0.15, -0.1) is 11.3 Å². The molecule has 0 aliphatic heterocycles. The molecule has 0 bridgehead atoms. The molecule has 0 aliphatic rings. The maximum absolute atomic E-state index is 11.8. The fourth-order valence-electron chi connectivity index (χ4n) is 1.29. The lowest BCUT2D eigenvalue weighted by atomic mass is 10.2. The summed E-state index contributed by atoms with van der Waals surface area (Å²) in [5.74, 6) is -0.383. The Kier molecular flexibility index (Phi) is 6.05. The van der Waals surface area contributed by atoms with E-state index in [1.165, 1.54) is 11.3 Å². The lowest BCUT2D eigenvalue weighted by Gasteiger charge is -2.11. The minimum absolute atomic E-state index is 0.0901. The number of halogens is 1. The van der Waals surface area contributed by atoms with Gasteiger partial charge in [0.15, 0.2) is 0 Å². The zero-order valence-corrected chi connectivity index (χ0v) is 12.5. The molecule has 1 heterocycles. The topological polar surface area (TPSA) is 62.1 Å². The number of nitriles is 1. The van der Waals surface area contributed by atoms with Gasteiger partial charge in [-0.05, 0) is 35.0 Å². The number of methoxy groups -OCH3 is 1. The highest BCUT2D eigenvalue weighted by Gasteiger charge is 2.12. The quantitative estimate of drug-likeness (QED) is 0.667. The minimum Gasteiger partial charge on any atom is -0.383 e. The van der Waals surface area contributed by atoms with E-state index in [1.807, 2.05) is 24.4 Å². The molecular formula is C12H13BrN2O2S. The smallest absolute Gasteiger partial charge is 0.262 e. The Hall–Kier alpha value is -1.16. The van der Waals surface area contributed by atoms with Gasteiger partial charge in [-0.25, -0.2) is 0 Å². The van der Waals surface area contributed by atoms with E-state index in [2.05, 4.69) is 21.2 Å². The first-order valence-electron chi connectivity index (χ1n) is 5.22. The molecule has 0 aliphatic carbocycles. The first-order chi connectivity index (χ1) is 8.56. The second kappa shape index (κ2) is 7.31. The molecule has 0 radical (unpaired) electrons. The summed E-state index contributed by atoms with van der Waals surface area (Å²) in [5, 5.41) is 13.6. The minimum atomic E-state index is -0.383. The molecule has 96 valence electrons. The van der Waals surface area contributed by atoms with Crippen LogP contribution in [0.15, 0.2) is 21.5 Å². The first kappa shape index (κ1) is 14.9. The van der Waals surface area contributed by atoms with E-state index in [-0.39, 0.29) is 17.5 Å². The van der Waals surface area contributed by atoms with Gasteiger partial charge in [0.05, 0.1) is 6.61 Å². The maximum Gasteiger partial charge on any atom is 0.262 e. The standard InChI is InChI=1S/C12H13BrN2O2S/c1-8(6-17-2)15-12(16)9(5-14)3-11-4-10(13)7-18-11/h3-4,7-8H,6H2,1-2H3,(H,15,16)/b9-3+/t8-/m0/s1. The van der Waals surface area contributed by atoms with Crippen molar-refractivity contribution in [1.82, 2.24) is 5.32 Å². The predicted octanol–water partition coefficient (Wildman–Crippen LogP) is 2.57. The molecule has 1 aromatic rings. The molecule has 1 rings (SSSR count). The summed E-state index contributed by atoms with van der Waals surface area (Å²) in [6, 6.07) is 3.63. The molecule has 18 heavy (non-hydrogen) atoms. The van der Waals surface area contributed by atoms with Gasteiger partial charge in [0, 0.05) is 27.9 Å². The number of nitrogens with zero attached hydrogens (tertiary/aromatic N) is 1. The summed E-state index contributed by atoms with van der Waals surface area (Å²) in [6.45, 7) is 2.23. The second-order valence-corrected chi connectivity index (χ2v) is 5.53. The molecule has 1 atom stereocenters. The zero-order valence-electron chi connectivity index (χ0n) is 10.1. The van der Waals surface area contributed by atoms with Crippen LogP contribution in [0.25, 0.3) is 6.08 Å². The summed E-state index contributed by atoms with van der Waals surface area (Å²) in [4.78, 5) is 12.7. The van der Waals surface area contributed by atoms with E-state index in [1.54, 1.807) is 13.2 Å². The van der Waals surface area contributed by atoms with Crippen molar-refractivity contribution in [2.24, 2.45) is 0 Å². The maximum atomic E-state index is 11.8. The number of carbonyl (C=O) groups excluding carboxylic acids is 1. The molecule has 0 saturated heterocycles. The van der Waals surface area contributed by atoms with Crippen molar-refractivity contribution < 1.29 is 9.53 Å². The number of hydrogen-bond acceptors (Lipinski definition) is 4. The largest absolute Gasteiger partial charge is 0.383 e. The normalized spacial score (nSPS) is 12.9. The summed E-state index contributed by atoms with van der Waals surface area (Å²) >= 11 is 4.78. The van der Waals surface area contributed by atoms with Crippen molar-refractivity contribution in [1.29, 1.82) is 5.26 Å². The van der Waals surface area contributed by atoms with E-state index in [0.717, 1.165) is 9.35 Å². The molecule has 1 N–H and O–H groups in total. The number of nitrogens with one attached hydrogen (secondary N) is 1. The summed E-state index contributed by atoms with van der Waals surface area (Å²) < 4.78 is 5.85. The number of amides is 1. The van der Waals surface area contributed by atoms with Gasteiger partial charge in [-0.2, -0.15) is 5.26 Å². The Morgan fingerprint density at radius 3 is 3.00 bits per heavy atom. The number of hydrogen-bond donors (Lipinski definition) is 1. The average Bonchev–Trinajstić information content (AvgIpc) is 2.71. The van der Waals surface area contributed by atoms with E-state index in [0.29, 0.717) is 6.61 Å². The lowest BCUT2D eigenvalue weighted by molar-refractivity contribution is -0.117. The van der Waals surface area contributed by atoms with Crippen molar-refractivity contribution in [2.45, 2.75) is 13.0 Å². The highest BCUT2D eigenvalue weighted by Crippen LogP contribution is 2.22. The van der Waals surface area contributed by atoms with Crippen LogP contribution in [-0.2, 0) is 9.53 Å². The van der Waals surface area contributed by atoms with Gasteiger partial charge in [0.1, 0.15) is 11.6 Å². The van der Waals surface area contributed by atoms with Gasteiger partial charge in [0.25, 0.3) is 5.91 Å². The fraction of sp³-hybridized carbons (Fsp3) is 0.333. The fourth-order valence-corrected chi connectivity index (χ4v) is 2.66. The SMILES string of the molecule is COC[C@H](C)NC(=O)/C(C#N)=C/c1cc(Br)cs1. The Labute approximate surface area is 118 Å². The van der Waals surface area contributed by atoms with Crippen LogP contribution in [0.4, 0.5) is 0 Å². The van der Waals surface area contributed by atoms with Crippen molar-refractivity contribution in [3.8, 4) is 6.07 Å². The van der Waals surface area contributed by atoms with Crippen molar-refractivity contribution in [3.63, 3.8) is 0 Å². The molecule has 0 unspecified atom stereocenters. The molecule has 0 spiro atoms. The lowest BCUT2D eigenvalue weighted by Crippen LogP contribution is -2.36. The monoisotopic (exact) mass is 328 g/mol. The van der Waals surface area contributed by atoms with E-state index in [9.17, 15) is 4.79 Å². The average molecular weight is 329 g/mol. The Balaban J connectivity index is 2.75. The van der Waals surface area contributed by atoms with E-state index < -0.39 is 0 Å². The zero-order chi connectivity index (χ0) is 13.5. The predicted molar refractivity (Wildman–Crippen MR) is 75.1 cm³/mol. The molecule has 1 aromatic heterocycles. The van der Waals surface area contributed by atoms with Gasteiger partial charge in [0.2, 0.25) is 0 Å². The van der Waals surface area contributed by atoms with Gasteiger partial charge in [-0.1, -0.05) is 0 Å². The van der Waals surface area contributed by atoms with Crippen molar-refractivity contribution >= 4 is 39.2 Å². The number of carbonyl (C=O) groups is 1. The van der Waals surface area contributed by atoms with Gasteiger partial charge >= 0.3 is 0 Å². The van der Waals surface area contributed by atoms with Crippen LogP contribution >= 0.6 is 27.3 Å². The highest BCUT2D eigenvalue weighted by atomic mass is 79.9. The van der Waals surface area contributed by atoms with Crippen LogP contribution in [0.2, 0.25) is 0 Å². The first-order valence-corrected chi connectivity index (χ1v) is 6.89. The second-order valence-electron chi connectivity index (χ2n) is 3.67. The molecule has 6 heteroatoms. The third-order valence-electron chi connectivity index (χ3n) is 2.03. The van der Waals surface area contributed by atoms with Crippen LogP contribution < -0.4 is 5.32 Å². The van der Waals surface area contributed by atoms with E-state index >= 15 is 0 Å². The molecule has 0 fully saturated rings. The van der Waals surface area contributed by atoms with Crippen LogP contribution in [0.5, 0.6) is 0 Å². The third-order valence-corrected chi connectivity index (χ3v) is 3.67. The van der Waals surface area contributed by atoms with Crippen LogP contribution in [0.1, 0.15) is 11.8 Å². The Morgan fingerprint density at radius 1 is 1.78 bits per heavy atom. The molecule has 1 amide bonds. The van der Waals surface area contributed by atoms with Crippen LogP contribution in [0.3, 0.4) is 0 Å². The number of rotatable bonds is 5. The third kappa shape index (κ3) is 4.61.